The summed E-state index contributed by atoms with van der Waals surface area (Å²) in [6, 6.07) is 7.56. The first-order chi connectivity index (χ1) is 12.6. The molecule has 0 aliphatic carbocycles. The summed E-state index contributed by atoms with van der Waals surface area (Å²) >= 11 is 0. The molecule has 0 bridgehead atoms. The van der Waals surface area contributed by atoms with E-state index in [9.17, 15) is 9.59 Å². The van der Waals surface area contributed by atoms with Crippen molar-refractivity contribution in [1.29, 1.82) is 0 Å². The molecule has 1 saturated heterocycles. The van der Waals surface area contributed by atoms with Crippen LogP contribution >= 0.6 is 0 Å². The van der Waals surface area contributed by atoms with E-state index in [1.807, 2.05) is 24.3 Å². The molecule has 2 N–H and O–H groups in total. The van der Waals surface area contributed by atoms with Gasteiger partial charge in [0.15, 0.2) is 0 Å². The van der Waals surface area contributed by atoms with E-state index in [-0.39, 0.29) is 29.3 Å². The second-order valence-corrected chi connectivity index (χ2v) is 9.15. The number of hydrogen-bond donors (Lipinski definition) is 2. The van der Waals surface area contributed by atoms with Crippen molar-refractivity contribution in [3.8, 4) is 0 Å². The van der Waals surface area contributed by atoms with Gasteiger partial charge in [-0.2, -0.15) is 0 Å². The highest BCUT2D eigenvalue weighted by Gasteiger charge is 2.28. The Morgan fingerprint density at radius 1 is 0.926 bits per heavy atom. The second-order valence-electron chi connectivity index (χ2n) is 9.15. The third kappa shape index (κ3) is 6.35. The van der Waals surface area contributed by atoms with Gasteiger partial charge in [0.05, 0.1) is 6.54 Å². The molecule has 0 radical (unpaired) electrons. The normalized spacial score (nSPS) is 16.0. The number of hydrogen-bond acceptors (Lipinski definition) is 3. The van der Waals surface area contributed by atoms with Crippen LogP contribution in [0.5, 0.6) is 0 Å². The van der Waals surface area contributed by atoms with Crippen molar-refractivity contribution in [2.45, 2.75) is 64.8 Å². The number of amides is 2. The first kappa shape index (κ1) is 21.4. The van der Waals surface area contributed by atoms with Crippen LogP contribution in [-0.2, 0) is 10.2 Å². The summed E-state index contributed by atoms with van der Waals surface area (Å²) in [6.07, 6.45) is 3.74. The zero-order valence-electron chi connectivity index (χ0n) is 17.5. The van der Waals surface area contributed by atoms with E-state index in [1.54, 1.807) is 0 Å². The largest absolute Gasteiger partial charge is 0.353 e. The molecule has 0 atom stereocenters. The standard InChI is InChI=1S/C22H35N3O2/c1-21(2,3)18-11-9-17(10-12-18)20(27)23-15-19(26)24-16-22(4,5)25-13-7-6-8-14-25/h9-12H,6-8,13-16H2,1-5H3,(H,23,27)(H,24,26). The van der Waals surface area contributed by atoms with Crippen LogP contribution in [0.25, 0.3) is 0 Å². The topological polar surface area (TPSA) is 61.4 Å². The summed E-state index contributed by atoms with van der Waals surface area (Å²) in [4.78, 5) is 26.8. The number of carbonyl (C=O) groups excluding carboxylic acids is 2. The van der Waals surface area contributed by atoms with Gasteiger partial charge < -0.3 is 10.6 Å². The summed E-state index contributed by atoms with van der Waals surface area (Å²) in [7, 11) is 0. The number of nitrogens with zero attached hydrogens (tertiary/aromatic N) is 1. The number of carbonyl (C=O) groups is 2. The zero-order valence-corrected chi connectivity index (χ0v) is 17.5. The fourth-order valence-electron chi connectivity index (χ4n) is 3.37. The predicted molar refractivity (Wildman–Crippen MR) is 110 cm³/mol. The Morgan fingerprint density at radius 3 is 2.07 bits per heavy atom. The highest BCUT2D eigenvalue weighted by molar-refractivity contribution is 5.96. The third-order valence-corrected chi connectivity index (χ3v) is 5.35. The molecule has 0 saturated carbocycles. The third-order valence-electron chi connectivity index (χ3n) is 5.35. The number of rotatable bonds is 6. The molecule has 1 heterocycles. The maximum Gasteiger partial charge on any atom is 0.251 e. The Hall–Kier alpha value is -1.88. The average Bonchev–Trinajstić information content (AvgIpc) is 2.64. The summed E-state index contributed by atoms with van der Waals surface area (Å²) in [5, 5.41) is 5.67. The first-order valence-corrected chi connectivity index (χ1v) is 10.00. The molecule has 1 aromatic carbocycles. The molecule has 5 heteroatoms. The van der Waals surface area contributed by atoms with Crippen LogP contribution in [0.4, 0.5) is 0 Å². The van der Waals surface area contributed by atoms with Crippen LogP contribution in [0, 0.1) is 0 Å². The molecular formula is C22H35N3O2. The molecule has 0 spiro atoms. The van der Waals surface area contributed by atoms with Crippen LogP contribution in [0.3, 0.4) is 0 Å². The highest BCUT2D eigenvalue weighted by atomic mass is 16.2. The first-order valence-electron chi connectivity index (χ1n) is 10.00. The van der Waals surface area contributed by atoms with E-state index >= 15 is 0 Å². The Bertz CT molecular complexity index is 639. The fourth-order valence-corrected chi connectivity index (χ4v) is 3.37. The van der Waals surface area contributed by atoms with Gasteiger partial charge in [-0.3, -0.25) is 14.5 Å². The van der Waals surface area contributed by atoms with E-state index in [2.05, 4.69) is 50.2 Å². The quantitative estimate of drug-likeness (QED) is 0.805. The van der Waals surface area contributed by atoms with Crippen molar-refractivity contribution in [2.24, 2.45) is 0 Å². The van der Waals surface area contributed by atoms with Crippen LogP contribution in [0.15, 0.2) is 24.3 Å². The van der Waals surface area contributed by atoms with Gasteiger partial charge in [0.25, 0.3) is 5.91 Å². The molecule has 1 aromatic rings. The van der Waals surface area contributed by atoms with E-state index in [0.717, 1.165) is 13.1 Å². The smallest absolute Gasteiger partial charge is 0.251 e. The van der Waals surface area contributed by atoms with Gasteiger partial charge in [0.2, 0.25) is 5.91 Å². The van der Waals surface area contributed by atoms with Crippen molar-refractivity contribution in [3.63, 3.8) is 0 Å². The van der Waals surface area contributed by atoms with Gasteiger partial charge >= 0.3 is 0 Å². The predicted octanol–water partition coefficient (Wildman–Crippen LogP) is 3.09. The van der Waals surface area contributed by atoms with Crippen LogP contribution in [0.2, 0.25) is 0 Å². The minimum Gasteiger partial charge on any atom is -0.353 e. The van der Waals surface area contributed by atoms with Gasteiger partial charge in [-0.05, 0) is 62.9 Å². The number of likely N-dealkylation sites (tertiary alicyclic amines) is 1. The van der Waals surface area contributed by atoms with E-state index in [4.69, 9.17) is 0 Å². The monoisotopic (exact) mass is 373 g/mol. The SMILES string of the molecule is CC(C)(C)c1ccc(C(=O)NCC(=O)NCC(C)(C)N2CCCCC2)cc1. The van der Waals surface area contributed by atoms with Crippen molar-refractivity contribution in [2.75, 3.05) is 26.2 Å². The Morgan fingerprint density at radius 2 is 1.52 bits per heavy atom. The van der Waals surface area contributed by atoms with Gasteiger partial charge in [-0.1, -0.05) is 39.3 Å². The second kappa shape index (κ2) is 8.87. The summed E-state index contributed by atoms with van der Waals surface area (Å²) < 4.78 is 0. The molecule has 150 valence electrons. The maximum atomic E-state index is 12.3. The number of benzene rings is 1. The molecule has 0 unspecified atom stereocenters. The van der Waals surface area contributed by atoms with Gasteiger partial charge in [0, 0.05) is 17.6 Å². The van der Waals surface area contributed by atoms with E-state index in [0.29, 0.717) is 12.1 Å². The van der Waals surface area contributed by atoms with E-state index in [1.165, 1.54) is 24.8 Å². The highest BCUT2D eigenvalue weighted by Crippen LogP contribution is 2.22. The summed E-state index contributed by atoms with van der Waals surface area (Å²) in [6.45, 7) is 13.5. The Kier molecular flexibility index (Phi) is 7.04. The average molecular weight is 374 g/mol. The molecule has 2 amide bonds. The maximum absolute atomic E-state index is 12.3. The zero-order chi connectivity index (χ0) is 20.1. The molecule has 27 heavy (non-hydrogen) atoms. The molecule has 1 aliphatic rings. The van der Waals surface area contributed by atoms with Crippen molar-refractivity contribution in [1.82, 2.24) is 15.5 Å². The van der Waals surface area contributed by atoms with Gasteiger partial charge in [0.1, 0.15) is 0 Å². The lowest BCUT2D eigenvalue weighted by atomic mass is 9.87. The van der Waals surface area contributed by atoms with Crippen molar-refractivity contribution >= 4 is 11.8 Å². The molecule has 0 aromatic heterocycles. The van der Waals surface area contributed by atoms with Crippen LogP contribution in [0.1, 0.15) is 69.8 Å². The lowest BCUT2D eigenvalue weighted by Gasteiger charge is -2.41. The summed E-state index contributed by atoms with van der Waals surface area (Å²) in [5.74, 6) is -0.374. The number of piperidine rings is 1. The number of nitrogens with one attached hydrogen (secondary N) is 2. The van der Waals surface area contributed by atoms with Crippen LogP contribution in [-0.4, -0.2) is 48.4 Å². The minimum absolute atomic E-state index is 0.00403. The molecule has 5 nitrogen and oxygen atoms in total. The lowest BCUT2D eigenvalue weighted by Crippen LogP contribution is -2.54. The molecule has 1 aliphatic heterocycles. The van der Waals surface area contributed by atoms with Gasteiger partial charge in [-0.25, -0.2) is 0 Å². The molecule has 2 rings (SSSR count). The van der Waals surface area contributed by atoms with E-state index < -0.39 is 0 Å². The lowest BCUT2D eigenvalue weighted by molar-refractivity contribution is -0.120. The summed E-state index contributed by atoms with van der Waals surface area (Å²) in [5.41, 5.74) is 1.74. The van der Waals surface area contributed by atoms with Crippen molar-refractivity contribution in [3.05, 3.63) is 35.4 Å². The fraction of sp³-hybridized carbons (Fsp3) is 0.636. The van der Waals surface area contributed by atoms with Crippen LogP contribution < -0.4 is 10.6 Å². The Balaban J connectivity index is 1.78. The van der Waals surface area contributed by atoms with Gasteiger partial charge in [-0.15, -0.1) is 0 Å². The molecule has 1 fully saturated rings. The molecular weight excluding hydrogens is 338 g/mol. The minimum atomic E-state index is -0.221. The Labute approximate surface area is 163 Å². The van der Waals surface area contributed by atoms with Crippen molar-refractivity contribution < 1.29 is 9.59 Å².